The molecule has 0 aromatic heterocycles. The SMILES string of the molecule is CN(CC(C)(C)CCCC(O)c1cccc(Br)c1)C(=O)OCc1ccccc1. The molecule has 2 aromatic rings. The van der Waals surface area contributed by atoms with Crippen molar-refractivity contribution in [2.24, 2.45) is 5.41 Å². The van der Waals surface area contributed by atoms with Crippen molar-refractivity contribution >= 4 is 22.0 Å². The van der Waals surface area contributed by atoms with Crippen LogP contribution >= 0.6 is 15.9 Å². The molecular formula is C23H30BrNO3. The molecule has 0 heterocycles. The molecule has 1 N–H and O–H groups in total. The van der Waals surface area contributed by atoms with Crippen LogP contribution in [0.1, 0.15) is 50.3 Å². The van der Waals surface area contributed by atoms with Crippen molar-refractivity contribution in [1.82, 2.24) is 4.90 Å². The number of nitrogens with zero attached hydrogens (tertiary/aromatic N) is 1. The summed E-state index contributed by atoms with van der Waals surface area (Å²) in [6.07, 6.45) is 1.71. The van der Waals surface area contributed by atoms with Crippen LogP contribution in [0.25, 0.3) is 0 Å². The van der Waals surface area contributed by atoms with Crippen LogP contribution in [0.3, 0.4) is 0 Å². The highest BCUT2D eigenvalue weighted by molar-refractivity contribution is 9.10. The first-order chi connectivity index (χ1) is 13.3. The molecule has 0 saturated heterocycles. The summed E-state index contributed by atoms with van der Waals surface area (Å²) in [6.45, 7) is 5.16. The van der Waals surface area contributed by atoms with Gasteiger partial charge >= 0.3 is 6.09 Å². The monoisotopic (exact) mass is 447 g/mol. The fourth-order valence-electron chi connectivity index (χ4n) is 3.27. The Morgan fingerprint density at radius 2 is 1.89 bits per heavy atom. The fourth-order valence-corrected chi connectivity index (χ4v) is 3.69. The Hall–Kier alpha value is -1.85. The molecule has 0 aliphatic heterocycles. The van der Waals surface area contributed by atoms with E-state index in [0.717, 1.165) is 28.4 Å². The van der Waals surface area contributed by atoms with Gasteiger partial charge in [0.05, 0.1) is 6.10 Å². The zero-order valence-electron chi connectivity index (χ0n) is 16.9. The average molecular weight is 448 g/mol. The molecule has 0 spiro atoms. The summed E-state index contributed by atoms with van der Waals surface area (Å²) >= 11 is 3.44. The molecule has 2 aromatic carbocycles. The largest absolute Gasteiger partial charge is 0.445 e. The summed E-state index contributed by atoms with van der Waals surface area (Å²) in [5, 5.41) is 10.4. The minimum atomic E-state index is -0.470. The molecule has 0 fully saturated rings. The van der Waals surface area contributed by atoms with Gasteiger partial charge in [0.2, 0.25) is 0 Å². The zero-order valence-corrected chi connectivity index (χ0v) is 18.5. The first-order valence-corrected chi connectivity index (χ1v) is 10.4. The second kappa shape index (κ2) is 10.6. The quantitative estimate of drug-likeness (QED) is 0.516. The summed E-state index contributed by atoms with van der Waals surface area (Å²) in [5.74, 6) is 0. The number of hydrogen-bond acceptors (Lipinski definition) is 3. The van der Waals surface area contributed by atoms with E-state index in [1.54, 1.807) is 11.9 Å². The Kier molecular flexibility index (Phi) is 8.52. The third-order valence-electron chi connectivity index (χ3n) is 4.75. The van der Waals surface area contributed by atoms with Gasteiger partial charge in [-0.1, -0.05) is 72.2 Å². The van der Waals surface area contributed by atoms with E-state index in [4.69, 9.17) is 4.74 Å². The number of benzene rings is 2. The molecule has 0 aliphatic carbocycles. The Balaban J connectivity index is 1.74. The smallest absolute Gasteiger partial charge is 0.409 e. The number of carbonyl (C=O) groups is 1. The van der Waals surface area contributed by atoms with Gasteiger partial charge in [0.1, 0.15) is 6.61 Å². The molecular weight excluding hydrogens is 418 g/mol. The molecule has 28 heavy (non-hydrogen) atoms. The summed E-state index contributed by atoms with van der Waals surface area (Å²) in [6, 6.07) is 17.4. The van der Waals surface area contributed by atoms with Gasteiger partial charge in [0.15, 0.2) is 0 Å². The molecule has 0 bridgehead atoms. The van der Waals surface area contributed by atoms with Crippen LogP contribution in [0, 0.1) is 5.41 Å². The summed E-state index contributed by atoms with van der Waals surface area (Å²) in [5.41, 5.74) is 1.84. The van der Waals surface area contributed by atoms with Crippen LogP contribution < -0.4 is 0 Å². The second-order valence-electron chi connectivity index (χ2n) is 8.02. The molecule has 1 amide bonds. The number of carbonyl (C=O) groups excluding carboxylic acids is 1. The van der Waals surface area contributed by atoms with E-state index in [1.807, 2.05) is 54.6 Å². The molecule has 1 unspecified atom stereocenters. The van der Waals surface area contributed by atoms with Crippen LogP contribution in [0.2, 0.25) is 0 Å². The number of ether oxygens (including phenoxy) is 1. The van der Waals surface area contributed by atoms with E-state index in [1.165, 1.54) is 0 Å². The standard InChI is InChI=1S/C23H30BrNO3/c1-23(2,14-8-13-21(26)19-11-7-12-20(24)15-19)17-25(3)22(27)28-16-18-9-5-4-6-10-18/h4-7,9-12,15,21,26H,8,13-14,16-17H2,1-3H3. The van der Waals surface area contributed by atoms with Crippen molar-refractivity contribution in [3.8, 4) is 0 Å². The van der Waals surface area contributed by atoms with Crippen molar-refractivity contribution in [2.75, 3.05) is 13.6 Å². The third kappa shape index (κ3) is 7.64. The lowest BCUT2D eigenvalue weighted by atomic mass is 9.86. The maximum atomic E-state index is 12.3. The number of rotatable bonds is 9. The molecule has 0 aliphatic rings. The molecule has 0 saturated carbocycles. The van der Waals surface area contributed by atoms with Gasteiger partial charge in [-0.2, -0.15) is 0 Å². The first-order valence-electron chi connectivity index (χ1n) is 9.62. The Morgan fingerprint density at radius 3 is 2.57 bits per heavy atom. The lowest BCUT2D eigenvalue weighted by molar-refractivity contribution is 0.0878. The predicted molar refractivity (Wildman–Crippen MR) is 116 cm³/mol. The molecule has 2 rings (SSSR count). The molecule has 1 atom stereocenters. The van der Waals surface area contributed by atoms with Gasteiger partial charge in [0.25, 0.3) is 0 Å². The summed E-state index contributed by atoms with van der Waals surface area (Å²) in [7, 11) is 1.77. The van der Waals surface area contributed by atoms with Gasteiger partial charge in [-0.15, -0.1) is 0 Å². The molecule has 152 valence electrons. The minimum Gasteiger partial charge on any atom is -0.445 e. The first kappa shape index (κ1) is 22.4. The lowest BCUT2D eigenvalue weighted by Gasteiger charge is -2.30. The van der Waals surface area contributed by atoms with Crippen LogP contribution in [-0.2, 0) is 11.3 Å². The fraction of sp³-hybridized carbons (Fsp3) is 0.435. The van der Waals surface area contributed by atoms with Crippen LogP contribution in [-0.4, -0.2) is 29.7 Å². The van der Waals surface area contributed by atoms with Crippen LogP contribution in [0.4, 0.5) is 4.79 Å². The van der Waals surface area contributed by atoms with Gasteiger partial charge in [-0.3, -0.25) is 0 Å². The highest BCUT2D eigenvalue weighted by Crippen LogP contribution is 2.28. The van der Waals surface area contributed by atoms with Crippen molar-refractivity contribution in [3.05, 3.63) is 70.2 Å². The Morgan fingerprint density at radius 1 is 1.18 bits per heavy atom. The van der Waals surface area contributed by atoms with Crippen LogP contribution in [0.5, 0.6) is 0 Å². The van der Waals surface area contributed by atoms with Crippen molar-refractivity contribution < 1.29 is 14.6 Å². The Labute approximate surface area is 176 Å². The van der Waals surface area contributed by atoms with E-state index in [2.05, 4.69) is 29.8 Å². The van der Waals surface area contributed by atoms with E-state index >= 15 is 0 Å². The molecule has 0 radical (unpaired) electrons. The number of aliphatic hydroxyl groups excluding tert-OH is 1. The number of aliphatic hydroxyl groups is 1. The van der Waals surface area contributed by atoms with Gasteiger partial charge in [0, 0.05) is 18.1 Å². The van der Waals surface area contributed by atoms with E-state index < -0.39 is 6.10 Å². The van der Waals surface area contributed by atoms with Crippen molar-refractivity contribution in [3.63, 3.8) is 0 Å². The van der Waals surface area contributed by atoms with Gasteiger partial charge in [-0.05, 0) is 47.9 Å². The van der Waals surface area contributed by atoms with Gasteiger partial charge < -0.3 is 14.7 Å². The second-order valence-corrected chi connectivity index (χ2v) is 8.94. The number of amides is 1. The molecule has 5 heteroatoms. The van der Waals surface area contributed by atoms with Crippen molar-refractivity contribution in [2.45, 2.75) is 45.8 Å². The summed E-state index contributed by atoms with van der Waals surface area (Å²) in [4.78, 5) is 13.9. The van der Waals surface area contributed by atoms with E-state index in [0.29, 0.717) is 13.0 Å². The highest BCUT2D eigenvalue weighted by Gasteiger charge is 2.23. The topological polar surface area (TPSA) is 49.8 Å². The zero-order chi connectivity index (χ0) is 20.6. The maximum Gasteiger partial charge on any atom is 0.409 e. The predicted octanol–water partition coefficient (Wildman–Crippen LogP) is 5.95. The lowest BCUT2D eigenvalue weighted by Crippen LogP contribution is -2.36. The van der Waals surface area contributed by atoms with Crippen molar-refractivity contribution in [1.29, 1.82) is 0 Å². The summed E-state index contributed by atoms with van der Waals surface area (Å²) < 4.78 is 6.36. The van der Waals surface area contributed by atoms with Gasteiger partial charge in [-0.25, -0.2) is 4.79 Å². The normalized spacial score (nSPS) is 12.5. The highest BCUT2D eigenvalue weighted by atomic mass is 79.9. The molecule has 4 nitrogen and oxygen atoms in total. The maximum absolute atomic E-state index is 12.3. The van der Waals surface area contributed by atoms with E-state index in [-0.39, 0.29) is 18.1 Å². The van der Waals surface area contributed by atoms with Crippen LogP contribution in [0.15, 0.2) is 59.1 Å². The number of halogens is 1. The number of hydrogen-bond donors (Lipinski definition) is 1. The average Bonchev–Trinajstić information content (AvgIpc) is 2.66. The Bertz CT molecular complexity index is 749. The van der Waals surface area contributed by atoms with E-state index in [9.17, 15) is 9.90 Å². The minimum absolute atomic E-state index is 0.0580. The third-order valence-corrected chi connectivity index (χ3v) is 5.24.